The molecule has 1 aromatic carbocycles. The molecule has 2 unspecified atom stereocenters. The number of hydrogen-bond donors (Lipinski definition) is 1. The molecule has 21 heavy (non-hydrogen) atoms. The molecule has 1 heteroatoms. The standard InChI is InChI=1S/C20H29N/c1-2-7-19-17(5-1)6-3-4-12-20(19)15-18(20)9-8-16-10-13-21-14-11-16/h1-2,5,7,16,18,21H,3-4,6,8-15H2. The summed E-state index contributed by atoms with van der Waals surface area (Å²) >= 11 is 0. The first-order valence-electron chi connectivity index (χ1n) is 9.18. The Balaban J connectivity index is 1.44. The molecule has 2 fully saturated rings. The molecule has 1 spiro atoms. The van der Waals surface area contributed by atoms with Crippen molar-refractivity contribution >= 4 is 0 Å². The number of piperidine rings is 1. The summed E-state index contributed by atoms with van der Waals surface area (Å²) in [6.45, 7) is 2.51. The molecule has 0 radical (unpaired) electrons. The highest BCUT2D eigenvalue weighted by atomic mass is 14.9. The summed E-state index contributed by atoms with van der Waals surface area (Å²) in [5.74, 6) is 2.00. The molecule has 114 valence electrons. The number of benzene rings is 1. The number of nitrogens with one attached hydrogen (secondary N) is 1. The van der Waals surface area contributed by atoms with E-state index in [1.165, 1.54) is 70.9 Å². The first kappa shape index (κ1) is 13.8. The highest BCUT2D eigenvalue weighted by molar-refractivity contribution is 5.41. The van der Waals surface area contributed by atoms with Gasteiger partial charge >= 0.3 is 0 Å². The Labute approximate surface area is 129 Å². The van der Waals surface area contributed by atoms with E-state index in [0.717, 1.165) is 11.8 Å². The van der Waals surface area contributed by atoms with E-state index in [4.69, 9.17) is 0 Å². The first-order chi connectivity index (χ1) is 10.4. The summed E-state index contributed by atoms with van der Waals surface area (Å²) in [4.78, 5) is 0. The van der Waals surface area contributed by atoms with Crippen LogP contribution in [0, 0.1) is 11.8 Å². The quantitative estimate of drug-likeness (QED) is 0.864. The summed E-state index contributed by atoms with van der Waals surface area (Å²) in [5.41, 5.74) is 4.00. The zero-order valence-corrected chi connectivity index (χ0v) is 13.2. The number of rotatable bonds is 3. The smallest absolute Gasteiger partial charge is 0.00128 e. The van der Waals surface area contributed by atoms with Gasteiger partial charge < -0.3 is 5.32 Å². The predicted octanol–water partition coefficient (Wildman–Crippen LogP) is 4.45. The molecule has 1 saturated carbocycles. The normalized spacial score (nSPS) is 32.7. The molecule has 1 saturated heterocycles. The molecule has 1 aliphatic heterocycles. The third kappa shape index (κ3) is 2.65. The van der Waals surface area contributed by atoms with Gasteiger partial charge in [0.25, 0.3) is 0 Å². The fourth-order valence-electron chi connectivity index (χ4n) is 5.12. The Morgan fingerprint density at radius 2 is 1.90 bits per heavy atom. The Morgan fingerprint density at radius 1 is 1.05 bits per heavy atom. The van der Waals surface area contributed by atoms with Crippen LogP contribution in [0.25, 0.3) is 0 Å². The van der Waals surface area contributed by atoms with E-state index in [2.05, 4.69) is 29.6 Å². The van der Waals surface area contributed by atoms with Crippen LogP contribution in [-0.4, -0.2) is 13.1 Å². The maximum Gasteiger partial charge on any atom is -0.00128 e. The second kappa shape index (κ2) is 5.76. The van der Waals surface area contributed by atoms with Crippen LogP contribution in [0.3, 0.4) is 0 Å². The van der Waals surface area contributed by atoms with Crippen LogP contribution >= 0.6 is 0 Å². The predicted molar refractivity (Wildman–Crippen MR) is 88.6 cm³/mol. The van der Waals surface area contributed by atoms with E-state index in [-0.39, 0.29) is 0 Å². The molecule has 1 heterocycles. The minimum absolute atomic E-state index is 0.597. The van der Waals surface area contributed by atoms with Gasteiger partial charge in [0.2, 0.25) is 0 Å². The van der Waals surface area contributed by atoms with Gasteiger partial charge in [-0.1, -0.05) is 37.1 Å². The van der Waals surface area contributed by atoms with Crippen LogP contribution in [0.15, 0.2) is 24.3 Å². The van der Waals surface area contributed by atoms with E-state index in [1.54, 1.807) is 11.1 Å². The fraction of sp³-hybridized carbons (Fsp3) is 0.700. The molecular formula is C20H29N. The fourth-order valence-corrected chi connectivity index (χ4v) is 5.12. The second-order valence-corrected chi connectivity index (χ2v) is 7.69. The SMILES string of the molecule is c1ccc2c(c1)CCCCC21CC1CCC1CCNCC1. The molecule has 2 aliphatic carbocycles. The lowest BCUT2D eigenvalue weighted by atomic mass is 9.84. The van der Waals surface area contributed by atoms with E-state index in [1.807, 2.05) is 0 Å². The van der Waals surface area contributed by atoms with Crippen molar-refractivity contribution in [1.29, 1.82) is 0 Å². The van der Waals surface area contributed by atoms with Gasteiger partial charge in [0.15, 0.2) is 0 Å². The second-order valence-electron chi connectivity index (χ2n) is 7.69. The van der Waals surface area contributed by atoms with Crippen molar-refractivity contribution in [2.75, 3.05) is 13.1 Å². The minimum atomic E-state index is 0.597. The maximum absolute atomic E-state index is 3.50. The molecule has 0 amide bonds. The summed E-state index contributed by atoms with van der Waals surface area (Å²) in [5, 5.41) is 3.50. The van der Waals surface area contributed by atoms with Crippen molar-refractivity contribution < 1.29 is 0 Å². The van der Waals surface area contributed by atoms with Crippen LogP contribution < -0.4 is 5.32 Å². The molecule has 0 aromatic heterocycles. The van der Waals surface area contributed by atoms with Gasteiger partial charge in [-0.05, 0) is 86.4 Å². The molecule has 0 bridgehead atoms. The van der Waals surface area contributed by atoms with Crippen LogP contribution in [0.1, 0.15) is 62.5 Å². The molecular weight excluding hydrogens is 254 g/mol. The van der Waals surface area contributed by atoms with Crippen molar-refractivity contribution in [3.63, 3.8) is 0 Å². The molecule has 4 rings (SSSR count). The van der Waals surface area contributed by atoms with Crippen molar-refractivity contribution in [2.45, 2.75) is 63.2 Å². The third-order valence-corrected chi connectivity index (χ3v) is 6.49. The van der Waals surface area contributed by atoms with Crippen LogP contribution in [0.2, 0.25) is 0 Å². The number of aryl methyl sites for hydroxylation is 1. The molecule has 1 N–H and O–H groups in total. The average Bonchev–Trinajstić information content (AvgIpc) is 3.29. The summed E-state index contributed by atoms with van der Waals surface area (Å²) in [6.07, 6.45) is 12.9. The van der Waals surface area contributed by atoms with E-state index in [9.17, 15) is 0 Å². The summed E-state index contributed by atoms with van der Waals surface area (Å²) in [7, 11) is 0. The lowest BCUT2D eigenvalue weighted by Crippen LogP contribution is -2.27. The lowest BCUT2D eigenvalue weighted by molar-refractivity contribution is 0.334. The highest BCUT2D eigenvalue weighted by Crippen LogP contribution is 2.61. The molecule has 3 aliphatic rings. The molecule has 1 nitrogen and oxygen atoms in total. The number of fused-ring (bicyclic) bond motifs is 2. The Hall–Kier alpha value is -0.820. The average molecular weight is 283 g/mol. The monoisotopic (exact) mass is 283 g/mol. The number of hydrogen-bond acceptors (Lipinski definition) is 1. The first-order valence-corrected chi connectivity index (χ1v) is 9.18. The Morgan fingerprint density at radius 3 is 2.81 bits per heavy atom. The largest absolute Gasteiger partial charge is 0.317 e. The summed E-state index contributed by atoms with van der Waals surface area (Å²) in [6, 6.07) is 9.36. The summed E-state index contributed by atoms with van der Waals surface area (Å²) < 4.78 is 0. The van der Waals surface area contributed by atoms with E-state index in [0.29, 0.717) is 5.41 Å². The van der Waals surface area contributed by atoms with E-state index < -0.39 is 0 Å². The minimum Gasteiger partial charge on any atom is -0.317 e. The third-order valence-electron chi connectivity index (χ3n) is 6.49. The van der Waals surface area contributed by atoms with Crippen LogP contribution in [0.5, 0.6) is 0 Å². The zero-order valence-electron chi connectivity index (χ0n) is 13.2. The van der Waals surface area contributed by atoms with Gasteiger partial charge in [0, 0.05) is 0 Å². The molecule has 2 atom stereocenters. The zero-order chi connectivity index (χ0) is 14.1. The molecule has 1 aromatic rings. The van der Waals surface area contributed by atoms with Crippen molar-refractivity contribution in [1.82, 2.24) is 5.32 Å². The van der Waals surface area contributed by atoms with Gasteiger partial charge in [-0.3, -0.25) is 0 Å². The van der Waals surface area contributed by atoms with Gasteiger partial charge in [0.1, 0.15) is 0 Å². The maximum atomic E-state index is 3.50. The van der Waals surface area contributed by atoms with Crippen molar-refractivity contribution in [2.24, 2.45) is 11.8 Å². The van der Waals surface area contributed by atoms with Gasteiger partial charge in [0.05, 0.1) is 0 Å². The van der Waals surface area contributed by atoms with Gasteiger partial charge in [-0.2, -0.15) is 0 Å². The lowest BCUT2D eigenvalue weighted by Gasteiger charge is -2.23. The van der Waals surface area contributed by atoms with Crippen molar-refractivity contribution in [3.8, 4) is 0 Å². The van der Waals surface area contributed by atoms with Crippen molar-refractivity contribution in [3.05, 3.63) is 35.4 Å². The van der Waals surface area contributed by atoms with Crippen LogP contribution in [-0.2, 0) is 11.8 Å². The van der Waals surface area contributed by atoms with Gasteiger partial charge in [-0.15, -0.1) is 0 Å². The van der Waals surface area contributed by atoms with Gasteiger partial charge in [-0.25, -0.2) is 0 Å². The highest BCUT2D eigenvalue weighted by Gasteiger charge is 2.54. The Kier molecular flexibility index (Phi) is 3.79. The van der Waals surface area contributed by atoms with E-state index >= 15 is 0 Å². The topological polar surface area (TPSA) is 12.0 Å². The van der Waals surface area contributed by atoms with Crippen LogP contribution in [0.4, 0.5) is 0 Å². The Bertz CT molecular complexity index is 488.